The molecule has 6 nitrogen and oxygen atoms in total. The van der Waals surface area contributed by atoms with Crippen molar-refractivity contribution in [3.8, 4) is 11.1 Å². The predicted molar refractivity (Wildman–Crippen MR) is 180 cm³/mol. The third-order valence-corrected chi connectivity index (χ3v) is 9.48. The molecular weight excluding hydrogens is 651 g/mol. The van der Waals surface area contributed by atoms with Gasteiger partial charge in [0.15, 0.2) is 5.78 Å². The third-order valence-electron chi connectivity index (χ3n) is 8.60. The number of likely N-dealkylation sites (N-methyl/N-ethyl adjacent to an activating group) is 1. The molecule has 2 aromatic carbocycles. The van der Waals surface area contributed by atoms with Gasteiger partial charge in [-0.05, 0) is 123 Å². The van der Waals surface area contributed by atoms with Crippen molar-refractivity contribution in [2.75, 3.05) is 20.6 Å². The summed E-state index contributed by atoms with van der Waals surface area (Å²) in [6.45, 7) is 8.75. The second-order valence-corrected chi connectivity index (χ2v) is 13.7. The molecule has 1 unspecified atom stereocenters. The minimum absolute atomic E-state index is 0.0371. The molecule has 1 heterocycles. The summed E-state index contributed by atoms with van der Waals surface area (Å²) in [5.41, 5.74) is 0.526. The Bertz CT molecular complexity index is 1690. The standard InChI is InChI=1S/C36H43F5N2O4S/c1-19(2)35(48)34(43-18-24(10-11-42(6)7)28(17-30(43)45)36(39,40)41)29(44)9-8-23(16-31(46)47)27-15-25(12-22(5)33(27)38)32-20(3)13-26(37)14-21(32)4/h12-15,17-19,23,34-35,48H,8-11,16H2,1-7H3,(H,46,47)/t23-,34+,35?/m0/s1. The summed E-state index contributed by atoms with van der Waals surface area (Å²) in [6, 6.07) is 5.07. The average Bonchev–Trinajstić information content (AvgIpc) is 2.95. The molecule has 0 aliphatic carbocycles. The van der Waals surface area contributed by atoms with E-state index in [1.54, 1.807) is 52.8 Å². The third kappa shape index (κ3) is 9.34. The lowest BCUT2D eigenvalue weighted by molar-refractivity contribution is -0.139. The van der Waals surface area contributed by atoms with Gasteiger partial charge in [0.2, 0.25) is 0 Å². The summed E-state index contributed by atoms with van der Waals surface area (Å²) >= 11 is 4.61. The molecule has 0 aliphatic rings. The van der Waals surface area contributed by atoms with Crippen molar-refractivity contribution in [3.05, 3.63) is 91.9 Å². The quantitative estimate of drug-likeness (QED) is 0.132. The highest BCUT2D eigenvalue weighted by molar-refractivity contribution is 7.81. The number of rotatable bonds is 14. The highest BCUT2D eigenvalue weighted by Crippen LogP contribution is 2.37. The molecular formula is C36H43F5N2O4S. The molecule has 0 radical (unpaired) electrons. The maximum atomic E-state index is 15.7. The van der Waals surface area contributed by atoms with Crippen LogP contribution in [-0.4, -0.2) is 52.2 Å². The van der Waals surface area contributed by atoms with Gasteiger partial charge in [-0.3, -0.25) is 14.4 Å². The molecule has 3 aromatic rings. The van der Waals surface area contributed by atoms with Gasteiger partial charge in [-0.25, -0.2) is 8.78 Å². The normalized spacial score (nSPS) is 14.0. The first-order valence-corrected chi connectivity index (χ1v) is 16.2. The van der Waals surface area contributed by atoms with Crippen LogP contribution in [0.25, 0.3) is 11.1 Å². The SMILES string of the molecule is Cc1cc(-c2c(C)cc(F)cc2C)cc([C@@H](CCC(=O)[C@H](C(S)C(C)C)n2cc(CCN(C)C)c(C(F)(F)F)cc2=O)CC(=O)O)c1F. The number of aliphatic carboxylic acids is 1. The van der Waals surface area contributed by atoms with Gasteiger partial charge in [-0.15, -0.1) is 0 Å². The Balaban J connectivity index is 2.08. The van der Waals surface area contributed by atoms with Gasteiger partial charge in [0.25, 0.3) is 5.56 Å². The van der Waals surface area contributed by atoms with Crippen molar-refractivity contribution >= 4 is 24.4 Å². The summed E-state index contributed by atoms with van der Waals surface area (Å²) < 4.78 is 72.5. The molecule has 3 atom stereocenters. The number of Topliss-reactive ketones (excluding diaryl/α,β-unsaturated/α-hetero) is 1. The van der Waals surface area contributed by atoms with Gasteiger partial charge in [-0.1, -0.05) is 13.8 Å². The van der Waals surface area contributed by atoms with Crippen LogP contribution >= 0.6 is 12.6 Å². The lowest BCUT2D eigenvalue weighted by Crippen LogP contribution is -2.38. The fourth-order valence-corrected chi connectivity index (χ4v) is 6.45. The van der Waals surface area contributed by atoms with Crippen molar-refractivity contribution in [2.24, 2.45) is 5.92 Å². The van der Waals surface area contributed by atoms with Crippen molar-refractivity contribution < 1.29 is 36.6 Å². The van der Waals surface area contributed by atoms with Crippen LogP contribution in [-0.2, 0) is 22.2 Å². The molecule has 1 aromatic heterocycles. The molecule has 3 rings (SSSR count). The molecule has 262 valence electrons. The van der Waals surface area contributed by atoms with Gasteiger partial charge in [0.1, 0.15) is 17.7 Å². The van der Waals surface area contributed by atoms with Crippen molar-refractivity contribution in [1.82, 2.24) is 9.47 Å². The number of carboxylic acids is 1. The highest BCUT2D eigenvalue weighted by Gasteiger charge is 2.37. The van der Waals surface area contributed by atoms with Crippen LogP contribution in [0, 0.1) is 38.3 Å². The number of benzene rings is 2. The number of pyridine rings is 1. The lowest BCUT2D eigenvalue weighted by Gasteiger charge is -2.29. The van der Waals surface area contributed by atoms with Crippen LogP contribution in [0.1, 0.15) is 78.5 Å². The number of aryl methyl sites for hydroxylation is 3. The van der Waals surface area contributed by atoms with Crippen LogP contribution in [0.5, 0.6) is 0 Å². The monoisotopic (exact) mass is 694 g/mol. The first-order chi connectivity index (χ1) is 22.2. The Morgan fingerprint density at radius 1 is 0.979 bits per heavy atom. The maximum absolute atomic E-state index is 15.7. The zero-order valence-electron chi connectivity index (χ0n) is 28.2. The predicted octanol–water partition coefficient (Wildman–Crippen LogP) is 7.94. The Morgan fingerprint density at radius 3 is 2.10 bits per heavy atom. The minimum Gasteiger partial charge on any atom is -0.481 e. The van der Waals surface area contributed by atoms with Gasteiger partial charge in [0.05, 0.1) is 12.0 Å². The molecule has 0 saturated heterocycles. The number of carboxylic acid groups (broad SMARTS) is 1. The number of ketones is 1. The topological polar surface area (TPSA) is 79.6 Å². The van der Waals surface area contributed by atoms with E-state index in [9.17, 15) is 37.1 Å². The van der Waals surface area contributed by atoms with Gasteiger partial charge >= 0.3 is 12.1 Å². The fraction of sp³-hybridized carbons (Fsp3) is 0.472. The van der Waals surface area contributed by atoms with Crippen LogP contribution in [0.2, 0.25) is 0 Å². The second kappa shape index (κ2) is 15.8. The van der Waals surface area contributed by atoms with Crippen LogP contribution in [0.4, 0.5) is 22.0 Å². The van der Waals surface area contributed by atoms with Crippen molar-refractivity contribution in [1.29, 1.82) is 0 Å². The first-order valence-electron chi connectivity index (χ1n) is 15.7. The number of aromatic nitrogens is 1. The van der Waals surface area contributed by atoms with Gasteiger partial charge < -0.3 is 14.6 Å². The Kier molecular flexibility index (Phi) is 12.8. The van der Waals surface area contributed by atoms with Gasteiger partial charge in [-0.2, -0.15) is 25.8 Å². The summed E-state index contributed by atoms with van der Waals surface area (Å²) in [7, 11) is 3.40. The summed E-state index contributed by atoms with van der Waals surface area (Å²) in [6.07, 6.45) is -4.68. The second-order valence-electron chi connectivity index (χ2n) is 13.1. The van der Waals surface area contributed by atoms with E-state index in [2.05, 4.69) is 12.6 Å². The van der Waals surface area contributed by atoms with E-state index in [1.807, 2.05) is 0 Å². The van der Waals surface area contributed by atoms with Crippen molar-refractivity contribution in [3.63, 3.8) is 0 Å². The molecule has 0 amide bonds. The zero-order chi connectivity index (χ0) is 36.2. The maximum Gasteiger partial charge on any atom is 0.416 e. The summed E-state index contributed by atoms with van der Waals surface area (Å²) in [4.78, 5) is 40.8. The van der Waals surface area contributed by atoms with E-state index in [0.29, 0.717) is 28.3 Å². The van der Waals surface area contributed by atoms with Crippen molar-refractivity contribution in [2.45, 2.75) is 83.7 Å². The van der Waals surface area contributed by atoms with Crippen LogP contribution in [0.3, 0.4) is 0 Å². The number of alkyl halides is 3. The van der Waals surface area contributed by atoms with E-state index in [0.717, 1.165) is 10.8 Å². The molecule has 48 heavy (non-hydrogen) atoms. The number of hydrogen-bond donors (Lipinski definition) is 2. The van der Waals surface area contributed by atoms with E-state index >= 15 is 4.39 Å². The van der Waals surface area contributed by atoms with Crippen LogP contribution in [0.15, 0.2) is 41.3 Å². The molecule has 1 N–H and O–H groups in total. The average molecular weight is 695 g/mol. The highest BCUT2D eigenvalue weighted by atomic mass is 32.1. The summed E-state index contributed by atoms with van der Waals surface area (Å²) in [5, 5.41) is 8.99. The number of thiol groups is 1. The number of nitrogens with zero attached hydrogens (tertiary/aromatic N) is 2. The Morgan fingerprint density at radius 2 is 1.58 bits per heavy atom. The molecule has 12 heteroatoms. The van der Waals surface area contributed by atoms with E-state index in [-0.39, 0.29) is 48.4 Å². The molecule has 0 aliphatic heterocycles. The Labute approximate surface area is 283 Å². The van der Waals surface area contributed by atoms with E-state index in [1.165, 1.54) is 25.1 Å². The molecule has 0 bridgehead atoms. The number of hydrogen-bond acceptors (Lipinski definition) is 5. The molecule has 0 fully saturated rings. The zero-order valence-corrected chi connectivity index (χ0v) is 29.1. The Hall–Kier alpha value is -3.51. The smallest absolute Gasteiger partial charge is 0.416 e. The van der Waals surface area contributed by atoms with Crippen LogP contribution < -0.4 is 5.56 Å². The largest absolute Gasteiger partial charge is 0.481 e. The number of carbonyl (C=O) groups excluding carboxylic acids is 1. The summed E-state index contributed by atoms with van der Waals surface area (Å²) in [5.74, 6) is -4.08. The first kappa shape index (κ1) is 38.9. The number of halogens is 5. The minimum atomic E-state index is -4.79. The molecule has 0 saturated carbocycles. The van der Waals surface area contributed by atoms with E-state index < -0.39 is 64.3 Å². The number of carbonyl (C=O) groups is 2. The van der Waals surface area contributed by atoms with Gasteiger partial charge in [0, 0.05) is 30.5 Å². The lowest BCUT2D eigenvalue weighted by atomic mass is 9.84. The van der Waals surface area contributed by atoms with E-state index in [4.69, 9.17) is 0 Å². The molecule has 0 spiro atoms. The fourth-order valence-electron chi connectivity index (χ4n) is 6.14.